The standard InChI is InChI=1S/C28H43N5O4S2.C17H24N4O2S2.C11H19NO3/c1-27(2,3)21-14-29-22(36-21)18-38-23-15-30-25(39-23)31-24(34)20-9-12-32(13-10-20)16-19-8-7-11-33(17-19)26(35)37-28(4,5)6;1-17(2,3)12-8-19-13(23-12)10-24-14-9-20-16(25-14)21-15(22)11-4-6-18-7-5-11;1-11(2,3)15-10(14)12-6-4-5-9(7-12)8-13/h14-15,19-20H,7-13,16-18H2,1-6H3,(H,30,31,34);8-9,11,18H,4-7,10H2,1-3H3,(H,20,21,22);8-9H,4-7H2,1-3H3. The first kappa shape index (κ1) is 63.6. The maximum Gasteiger partial charge on any atom is 0.410 e. The van der Waals surface area contributed by atoms with E-state index in [1.54, 1.807) is 53.2 Å². The van der Waals surface area contributed by atoms with Crippen molar-refractivity contribution in [3.05, 3.63) is 48.1 Å². The lowest BCUT2D eigenvalue weighted by Gasteiger charge is -2.38. The van der Waals surface area contributed by atoms with E-state index in [0.29, 0.717) is 52.6 Å². The van der Waals surface area contributed by atoms with Gasteiger partial charge in [-0.1, -0.05) is 64.2 Å². The van der Waals surface area contributed by atoms with Crippen molar-refractivity contribution in [3.8, 4) is 0 Å². The third-order valence-electron chi connectivity index (χ3n) is 13.3. The Morgan fingerprint density at radius 1 is 0.633 bits per heavy atom. The number of thioether (sulfide) groups is 2. The molecule has 4 fully saturated rings. The van der Waals surface area contributed by atoms with Gasteiger partial charge >= 0.3 is 12.2 Å². The van der Waals surface area contributed by atoms with E-state index in [2.05, 4.69) is 82.3 Å². The molecule has 8 rings (SSSR count). The maximum atomic E-state index is 12.9. The summed E-state index contributed by atoms with van der Waals surface area (Å²) in [6, 6.07) is 0. The van der Waals surface area contributed by atoms with E-state index in [9.17, 15) is 24.0 Å². The molecule has 23 heteroatoms. The first-order valence-electron chi connectivity index (χ1n) is 27.7. The van der Waals surface area contributed by atoms with Crippen LogP contribution in [0, 0.1) is 23.7 Å². The molecule has 79 heavy (non-hydrogen) atoms. The Bertz CT molecular complexity index is 2580. The molecule has 4 amide bonds. The molecule has 0 aliphatic carbocycles. The van der Waals surface area contributed by atoms with Gasteiger partial charge in [-0.2, -0.15) is 0 Å². The van der Waals surface area contributed by atoms with Crippen molar-refractivity contribution < 1.29 is 42.3 Å². The lowest BCUT2D eigenvalue weighted by Crippen LogP contribution is -2.47. The molecule has 4 aliphatic heterocycles. The number of piperidine rings is 4. The van der Waals surface area contributed by atoms with Gasteiger partial charge in [-0.3, -0.25) is 9.59 Å². The highest BCUT2D eigenvalue weighted by atomic mass is 32.2. The molecule has 2 atom stereocenters. The van der Waals surface area contributed by atoms with E-state index < -0.39 is 11.2 Å². The molecular formula is C56H86N10O9S4. The summed E-state index contributed by atoms with van der Waals surface area (Å²) in [5.74, 6) is 5.09. The highest BCUT2D eigenvalue weighted by Crippen LogP contribution is 2.35. The van der Waals surface area contributed by atoms with E-state index >= 15 is 0 Å². The first-order chi connectivity index (χ1) is 37.2. The molecule has 4 aromatic rings. The number of hydrogen-bond acceptors (Lipinski definition) is 19. The summed E-state index contributed by atoms with van der Waals surface area (Å²) in [4.78, 5) is 83.3. The summed E-state index contributed by atoms with van der Waals surface area (Å²) in [5.41, 5.74) is -1.04. The van der Waals surface area contributed by atoms with E-state index in [1.807, 2.05) is 46.4 Å². The van der Waals surface area contributed by atoms with Gasteiger partial charge in [0, 0.05) is 61.3 Å². The summed E-state index contributed by atoms with van der Waals surface area (Å²) in [5, 5.41) is 10.5. The summed E-state index contributed by atoms with van der Waals surface area (Å²) >= 11 is 6.21. The van der Waals surface area contributed by atoms with Gasteiger partial charge in [0.15, 0.2) is 10.3 Å². The monoisotopic (exact) mass is 1170 g/mol. The molecular weight excluding hydrogens is 1080 g/mol. The Balaban J connectivity index is 0.000000214. The number of nitrogens with zero attached hydrogens (tertiary/aromatic N) is 7. The van der Waals surface area contributed by atoms with Crippen LogP contribution in [-0.2, 0) is 46.2 Å². The summed E-state index contributed by atoms with van der Waals surface area (Å²) < 4.78 is 24.5. The quantitative estimate of drug-likeness (QED) is 0.0835. The second-order valence-electron chi connectivity index (χ2n) is 24.8. The zero-order valence-electron chi connectivity index (χ0n) is 48.6. The zero-order chi connectivity index (χ0) is 57.5. The van der Waals surface area contributed by atoms with Crippen LogP contribution in [0.4, 0.5) is 19.9 Å². The summed E-state index contributed by atoms with van der Waals surface area (Å²) in [7, 11) is 0. The number of hydrogen-bond donors (Lipinski definition) is 3. The number of anilines is 2. The van der Waals surface area contributed by atoms with Crippen molar-refractivity contribution in [1.82, 2.24) is 40.0 Å². The minimum absolute atomic E-state index is 0.00555. The average molecular weight is 1170 g/mol. The maximum absolute atomic E-state index is 12.9. The molecule has 2 unspecified atom stereocenters. The Morgan fingerprint density at radius 2 is 1.09 bits per heavy atom. The van der Waals surface area contributed by atoms with Gasteiger partial charge in [-0.05, 0) is 125 Å². The smallest absolute Gasteiger partial charge is 0.410 e. The van der Waals surface area contributed by atoms with Crippen LogP contribution in [0.5, 0.6) is 0 Å². The molecule has 0 radical (unpaired) electrons. The number of aldehydes is 1. The molecule has 8 heterocycles. The second-order valence-corrected chi connectivity index (χ2v) is 29.4. The minimum Gasteiger partial charge on any atom is -0.444 e. The van der Waals surface area contributed by atoms with Crippen LogP contribution in [0.3, 0.4) is 0 Å². The molecule has 0 bridgehead atoms. The van der Waals surface area contributed by atoms with Crippen LogP contribution in [0.15, 0.2) is 42.0 Å². The van der Waals surface area contributed by atoms with Gasteiger partial charge < -0.3 is 53.8 Å². The van der Waals surface area contributed by atoms with E-state index in [-0.39, 0.29) is 52.6 Å². The van der Waals surface area contributed by atoms with E-state index in [1.165, 1.54) is 22.7 Å². The van der Waals surface area contributed by atoms with Gasteiger partial charge in [0.2, 0.25) is 23.6 Å². The van der Waals surface area contributed by atoms with E-state index in [0.717, 1.165) is 123 Å². The Kier molecular flexibility index (Phi) is 23.3. The predicted molar refractivity (Wildman–Crippen MR) is 313 cm³/mol. The lowest BCUT2D eigenvalue weighted by atomic mass is 9.93. The molecule has 19 nitrogen and oxygen atoms in total. The van der Waals surface area contributed by atoms with Gasteiger partial charge in [-0.25, -0.2) is 29.5 Å². The average Bonchev–Trinajstić information content (AvgIpc) is 4.26. The SMILES string of the molecule is CC(C)(C)OC(=O)N1CCCC(C=O)C1.CC(C)(C)OC(=O)N1CCCC(CN2CCC(C(=O)Nc3ncc(SCc4ncc(C(C)(C)C)o4)s3)CC2)C1.CC(C)(C)c1cnc(CSc2cnc(NC(=O)C3CCNCC3)s2)o1. The Morgan fingerprint density at radius 3 is 1.53 bits per heavy atom. The topological polar surface area (TPSA) is 227 Å². The molecule has 4 saturated heterocycles. The van der Waals surface area contributed by atoms with Crippen molar-refractivity contribution in [2.75, 3.05) is 69.5 Å². The van der Waals surface area contributed by atoms with Crippen LogP contribution in [-0.4, -0.2) is 135 Å². The van der Waals surface area contributed by atoms with Gasteiger partial charge in [-0.15, -0.1) is 23.5 Å². The van der Waals surface area contributed by atoms with Crippen LogP contribution in [0.2, 0.25) is 0 Å². The van der Waals surface area contributed by atoms with Crippen LogP contribution in [0.1, 0.15) is 158 Å². The van der Waals surface area contributed by atoms with Crippen LogP contribution < -0.4 is 16.0 Å². The summed E-state index contributed by atoms with van der Waals surface area (Å²) in [6.07, 6.45) is 14.9. The van der Waals surface area contributed by atoms with Gasteiger partial charge in [0.1, 0.15) is 29.0 Å². The second kappa shape index (κ2) is 28.9. The van der Waals surface area contributed by atoms with Gasteiger partial charge in [0.05, 0.1) is 44.7 Å². The number of rotatable bonds is 13. The molecule has 0 aromatic carbocycles. The Labute approximate surface area is 484 Å². The van der Waals surface area contributed by atoms with Crippen LogP contribution >= 0.6 is 46.2 Å². The number of oxazole rings is 2. The molecule has 0 spiro atoms. The van der Waals surface area contributed by atoms with Crippen molar-refractivity contribution in [2.45, 2.75) is 176 Å². The first-order valence-corrected chi connectivity index (χ1v) is 31.3. The number of nitrogens with one attached hydrogen (secondary N) is 3. The number of likely N-dealkylation sites (tertiary alicyclic amines) is 3. The predicted octanol–water partition coefficient (Wildman–Crippen LogP) is 11.5. The van der Waals surface area contributed by atoms with Crippen LogP contribution in [0.25, 0.3) is 0 Å². The van der Waals surface area contributed by atoms with E-state index in [4.69, 9.17) is 18.3 Å². The third kappa shape index (κ3) is 21.7. The molecule has 3 N–H and O–H groups in total. The molecule has 0 saturated carbocycles. The largest absolute Gasteiger partial charge is 0.444 e. The highest BCUT2D eigenvalue weighted by Gasteiger charge is 2.32. The lowest BCUT2D eigenvalue weighted by molar-refractivity contribution is -0.121. The normalized spacial score (nSPS) is 19.1. The third-order valence-corrected chi connectivity index (χ3v) is 17.5. The number of ether oxygens (including phenoxy) is 2. The number of thiazole rings is 2. The van der Waals surface area contributed by atoms with Crippen molar-refractivity contribution in [1.29, 1.82) is 0 Å². The molecule has 4 aliphatic rings. The number of aromatic nitrogens is 4. The highest BCUT2D eigenvalue weighted by molar-refractivity contribution is 8.00. The summed E-state index contributed by atoms with van der Waals surface area (Å²) in [6.45, 7) is 31.1. The van der Waals surface area contributed by atoms with Crippen molar-refractivity contribution in [2.24, 2.45) is 23.7 Å². The zero-order valence-corrected chi connectivity index (χ0v) is 51.8. The van der Waals surface area contributed by atoms with Crippen molar-refractivity contribution in [3.63, 3.8) is 0 Å². The fourth-order valence-electron chi connectivity index (χ4n) is 9.04. The van der Waals surface area contributed by atoms with Gasteiger partial charge in [0.25, 0.3) is 0 Å². The fraction of sp³-hybridized carbons (Fsp3) is 0.696. The number of carbonyl (C=O) groups excluding carboxylic acids is 5. The number of carbonyl (C=O) groups is 5. The number of amides is 4. The molecule has 438 valence electrons. The molecule has 4 aromatic heterocycles. The minimum atomic E-state index is -0.473. The fourth-order valence-corrected chi connectivity index (χ4v) is 12.5. The Hall–Kier alpha value is -4.55. The van der Waals surface area contributed by atoms with Crippen molar-refractivity contribution >= 4 is 86.7 Å².